The number of hydrogen-bond donors (Lipinski definition) is 1. The molecule has 1 aromatic heterocycles. The lowest BCUT2D eigenvalue weighted by atomic mass is 9.96. The standard InChI is InChI=1S/C28H31N3O6/c1-35-21-12-7-13-22(36-2)25(21)31-23(17-37-20-10-6-11-20)29-26(32)24(28(31)34)27(33)30-15-14-19(16-30)18-8-4-3-5-9-18/h3-5,7-9,12-13,19-20,34H,6,10-11,14-17H2,1-2H3/t19-/m0/s1. The summed E-state index contributed by atoms with van der Waals surface area (Å²) < 4.78 is 18.4. The molecule has 194 valence electrons. The third kappa shape index (κ3) is 4.79. The van der Waals surface area contributed by atoms with E-state index >= 15 is 0 Å². The molecule has 0 radical (unpaired) electrons. The highest BCUT2D eigenvalue weighted by molar-refractivity contribution is 5.96. The number of nitrogens with zero attached hydrogens (tertiary/aromatic N) is 3. The lowest BCUT2D eigenvalue weighted by Gasteiger charge is -2.27. The normalized spacial score (nSPS) is 17.5. The Hall–Kier alpha value is -3.85. The van der Waals surface area contributed by atoms with Gasteiger partial charge < -0.3 is 24.2 Å². The van der Waals surface area contributed by atoms with Gasteiger partial charge in [-0.2, -0.15) is 4.98 Å². The van der Waals surface area contributed by atoms with E-state index in [2.05, 4.69) is 4.98 Å². The molecule has 1 amide bonds. The van der Waals surface area contributed by atoms with E-state index in [0.717, 1.165) is 31.2 Å². The zero-order valence-corrected chi connectivity index (χ0v) is 21.1. The van der Waals surface area contributed by atoms with E-state index in [1.54, 1.807) is 23.1 Å². The van der Waals surface area contributed by atoms with E-state index < -0.39 is 17.3 Å². The van der Waals surface area contributed by atoms with Gasteiger partial charge in [0.05, 0.1) is 20.3 Å². The van der Waals surface area contributed by atoms with Crippen LogP contribution in [-0.2, 0) is 11.3 Å². The second-order valence-electron chi connectivity index (χ2n) is 9.39. The molecule has 1 saturated heterocycles. The van der Waals surface area contributed by atoms with Crippen LogP contribution in [0.25, 0.3) is 5.69 Å². The largest absolute Gasteiger partial charge is 0.494 e. The fraction of sp³-hybridized carbons (Fsp3) is 0.393. The molecule has 9 heteroatoms. The Labute approximate surface area is 215 Å². The zero-order chi connectivity index (χ0) is 25.9. The minimum absolute atomic E-state index is 0.0110. The van der Waals surface area contributed by atoms with Crippen LogP contribution in [0.3, 0.4) is 0 Å². The summed E-state index contributed by atoms with van der Waals surface area (Å²) in [7, 11) is 2.99. The maximum Gasteiger partial charge on any atom is 0.289 e. The average Bonchev–Trinajstić information content (AvgIpc) is 3.38. The first-order valence-corrected chi connectivity index (χ1v) is 12.5. The second kappa shape index (κ2) is 10.6. The molecular formula is C28H31N3O6. The number of rotatable bonds is 8. The maximum atomic E-state index is 13.6. The van der Waals surface area contributed by atoms with Crippen LogP contribution in [0.4, 0.5) is 0 Å². The van der Waals surface area contributed by atoms with Crippen molar-refractivity contribution in [2.75, 3.05) is 27.3 Å². The van der Waals surface area contributed by atoms with Crippen molar-refractivity contribution in [1.29, 1.82) is 0 Å². The summed E-state index contributed by atoms with van der Waals surface area (Å²) in [4.78, 5) is 32.6. The quantitative estimate of drug-likeness (QED) is 0.498. The molecule has 0 unspecified atom stereocenters. The Morgan fingerprint density at radius 3 is 2.35 bits per heavy atom. The summed E-state index contributed by atoms with van der Waals surface area (Å²) in [6.07, 6.45) is 3.80. The molecule has 1 saturated carbocycles. The Bertz CT molecular complexity index is 1310. The van der Waals surface area contributed by atoms with Crippen molar-refractivity contribution >= 4 is 5.91 Å². The molecule has 5 rings (SSSR count). The number of aromatic nitrogens is 2. The van der Waals surface area contributed by atoms with Crippen molar-refractivity contribution in [1.82, 2.24) is 14.5 Å². The lowest BCUT2D eigenvalue weighted by Crippen LogP contribution is -2.35. The Morgan fingerprint density at radius 2 is 1.73 bits per heavy atom. The highest BCUT2D eigenvalue weighted by Crippen LogP contribution is 2.37. The van der Waals surface area contributed by atoms with Crippen LogP contribution in [0.5, 0.6) is 17.4 Å². The van der Waals surface area contributed by atoms with Crippen LogP contribution in [0.15, 0.2) is 53.3 Å². The van der Waals surface area contributed by atoms with Gasteiger partial charge in [-0.3, -0.25) is 14.2 Å². The Kier molecular flexibility index (Phi) is 7.14. The van der Waals surface area contributed by atoms with E-state index in [1.165, 1.54) is 18.8 Å². The number of aromatic hydroxyl groups is 1. The summed E-state index contributed by atoms with van der Waals surface area (Å²) >= 11 is 0. The van der Waals surface area contributed by atoms with Crippen molar-refractivity contribution < 1.29 is 24.1 Å². The van der Waals surface area contributed by atoms with Crippen LogP contribution < -0.4 is 15.0 Å². The molecule has 1 N–H and O–H groups in total. The number of hydrogen-bond acceptors (Lipinski definition) is 7. The van der Waals surface area contributed by atoms with Gasteiger partial charge in [-0.1, -0.05) is 36.4 Å². The van der Waals surface area contributed by atoms with Gasteiger partial charge in [0.2, 0.25) is 5.88 Å². The number of carbonyl (C=O) groups excluding carboxylic acids is 1. The maximum absolute atomic E-state index is 13.6. The van der Waals surface area contributed by atoms with Crippen molar-refractivity contribution in [3.8, 4) is 23.1 Å². The van der Waals surface area contributed by atoms with Gasteiger partial charge in [-0.05, 0) is 43.4 Å². The van der Waals surface area contributed by atoms with Crippen LogP contribution >= 0.6 is 0 Å². The van der Waals surface area contributed by atoms with Crippen LogP contribution in [0.1, 0.15) is 53.3 Å². The summed E-state index contributed by atoms with van der Waals surface area (Å²) in [5.41, 5.74) is 0.305. The molecule has 0 spiro atoms. The highest BCUT2D eigenvalue weighted by atomic mass is 16.5. The van der Waals surface area contributed by atoms with Gasteiger partial charge >= 0.3 is 0 Å². The van der Waals surface area contributed by atoms with Crippen LogP contribution in [0, 0.1) is 0 Å². The predicted molar refractivity (Wildman–Crippen MR) is 137 cm³/mol. The van der Waals surface area contributed by atoms with Gasteiger partial charge in [0.15, 0.2) is 5.56 Å². The molecule has 1 aliphatic carbocycles. The molecule has 2 aromatic carbocycles. The Morgan fingerprint density at radius 1 is 1.03 bits per heavy atom. The van der Waals surface area contributed by atoms with Gasteiger partial charge in [-0.15, -0.1) is 0 Å². The van der Waals surface area contributed by atoms with Crippen molar-refractivity contribution in [3.05, 3.63) is 75.8 Å². The first-order chi connectivity index (χ1) is 18.0. The number of carbonyl (C=O) groups is 1. The minimum Gasteiger partial charge on any atom is -0.494 e. The van der Waals surface area contributed by atoms with E-state index in [-0.39, 0.29) is 30.0 Å². The number of benzene rings is 2. The van der Waals surface area contributed by atoms with Gasteiger partial charge in [0, 0.05) is 19.0 Å². The molecule has 3 aromatic rings. The SMILES string of the molecule is COc1cccc(OC)c1-n1c(COC2CCC2)nc(=O)c(C(=O)N2CC[C@H](c3ccccc3)C2)c1O. The summed E-state index contributed by atoms with van der Waals surface area (Å²) in [6, 6.07) is 15.1. The number of amides is 1. The number of likely N-dealkylation sites (tertiary alicyclic amines) is 1. The van der Waals surface area contributed by atoms with Crippen molar-refractivity contribution in [3.63, 3.8) is 0 Å². The van der Waals surface area contributed by atoms with Crippen molar-refractivity contribution in [2.24, 2.45) is 0 Å². The molecular weight excluding hydrogens is 474 g/mol. The fourth-order valence-corrected chi connectivity index (χ4v) is 4.95. The molecule has 2 fully saturated rings. The smallest absolute Gasteiger partial charge is 0.289 e. The molecule has 37 heavy (non-hydrogen) atoms. The molecule has 1 atom stereocenters. The first-order valence-electron chi connectivity index (χ1n) is 12.5. The molecule has 2 heterocycles. The van der Waals surface area contributed by atoms with Crippen molar-refractivity contribution in [2.45, 2.75) is 44.3 Å². The Balaban J connectivity index is 1.56. The van der Waals surface area contributed by atoms with E-state index in [1.807, 2.05) is 30.3 Å². The second-order valence-corrected chi connectivity index (χ2v) is 9.39. The van der Waals surface area contributed by atoms with Crippen LogP contribution in [0.2, 0.25) is 0 Å². The number of para-hydroxylation sites is 1. The minimum atomic E-state index is -0.789. The molecule has 0 bridgehead atoms. The monoisotopic (exact) mass is 505 g/mol. The molecule has 2 aliphatic rings. The topological polar surface area (TPSA) is 103 Å². The first kappa shape index (κ1) is 24.8. The highest BCUT2D eigenvalue weighted by Gasteiger charge is 2.34. The molecule has 9 nitrogen and oxygen atoms in total. The summed E-state index contributed by atoms with van der Waals surface area (Å²) in [5, 5.41) is 11.5. The van der Waals surface area contributed by atoms with Crippen LogP contribution in [-0.4, -0.2) is 58.9 Å². The van der Waals surface area contributed by atoms with E-state index in [4.69, 9.17) is 14.2 Å². The predicted octanol–water partition coefficient (Wildman–Crippen LogP) is 3.65. The van der Waals surface area contributed by atoms with E-state index in [9.17, 15) is 14.7 Å². The lowest BCUT2D eigenvalue weighted by molar-refractivity contribution is -0.0128. The molecule has 1 aliphatic heterocycles. The number of ether oxygens (including phenoxy) is 3. The zero-order valence-electron chi connectivity index (χ0n) is 21.1. The third-order valence-electron chi connectivity index (χ3n) is 7.22. The number of methoxy groups -OCH3 is 2. The van der Waals surface area contributed by atoms with Gasteiger partial charge in [-0.25, -0.2) is 0 Å². The summed E-state index contributed by atoms with van der Waals surface area (Å²) in [6.45, 7) is 0.914. The summed E-state index contributed by atoms with van der Waals surface area (Å²) in [5.74, 6) is 0.0253. The van der Waals surface area contributed by atoms with Gasteiger partial charge in [0.1, 0.15) is 29.6 Å². The third-order valence-corrected chi connectivity index (χ3v) is 7.22. The van der Waals surface area contributed by atoms with Gasteiger partial charge in [0.25, 0.3) is 11.5 Å². The fourth-order valence-electron chi connectivity index (χ4n) is 4.95. The van der Waals surface area contributed by atoms with E-state index in [0.29, 0.717) is 30.3 Å². The average molecular weight is 506 g/mol.